The summed E-state index contributed by atoms with van der Waals surface area (Å²) in [6, 6.07) is 9.89. The van der Waals surface area contributed by atoms with E-state index in [2.05, 4.69) is 4.74 Å². The molecule has 5 heteroatoms. The minimum Gasteiger partial charge on any atom is -0.450 e. The molecule has 0 aliphatic carbocycles. The van der Waals surface area contributed by atoms with Crippen molar-refractivity contribution in [3.8, 4) is 0 Å². The lowest BCUT2D eigenvalue weighted by Gasteiger charge is -2.17. The number of rotatable bonds is 10. The molecule has 0 heterocycles. The van der Waals surface area contributed by atoms with E-state index >= 15 is 0 Å². The Morgan fingerprint density at radius 2 is 1.85 bits per heavy atom. The third-order valence-corrected chi connectivity index (χ3v) is 2.86. The largest absolute Gasteiger partial charge is 0.505 e. The van der Waals surface area contributed by atoms with Gasteiger partial charge in [-0.15, -0.1) is 0 Å². The molecule has 112 valence electrons. The molecule has 1 N–H and O–H groups in total. The molecule has 0 aromatic heterocycles. The molecule has 0 spiro atoms. The van der Waals surface area contributed by atoms with E-state index in [4.69, 9.17) is 14.6 Å². The first-order valence-corrected chi connectivity index (χ1v) is 6.80. The third kappa shape index (κ3) is 7.11. The van der Waals surface area contributed by atoms with Gasteiger partial charge < -0.3 is 19.3 Å². The molecule has 20 heavy (non-hydrogen) atoms. The van der Waals surface area contributed by atoms with Gasteiger partial charge in [0, 0.05) is 12.5 Å². The van der Waals surface area contributed by atoms with Crippen molar-refractivity contribution in [2.45, 2.75) is 19.3 Å². The molecule has 0 fully saturated rings. The van der Waals surface area contributed by atoms with E-state index in [0.717, 1.165) is 5.56 Å². The molecule has 0 saturated heterocycles. The molecular weight excluding hydrogens is 260 g/mol. The lowest BCUT2D eigenvalue weighted by atomic mass is 9.97. The summed E-state index contributed by atoms with van der Waals surface area (Å²) in [6.07, 6.45) is -0.639. The second-order valence-corrected chi connectivity index (χ2v) is 4.28. The van der Waals surface area contributed by atoms with Gasteiger partial charge in [-0.1, -0.05) is 30.3 Å². The zero-order valence-corrected chi connectivity index (χ0v) is 11.8. The number of carbonyl (C=O) groups is 1. The molecule has 0 aliphatic rings. The Balaban J connectivity index is 2.41. The van der Waals surface area contributed by atoms with E-state index in [9.17, 15) is 4.79 Å². The van der Waals surface area contributed by atoms with Crippen molar-refractivity contribution in [3.63, 3.8) is 0 Å². The zero-order chi connectivity index (χ0) is 14.6. The highest BCUT2D eigenvalue weighted by Gasteiger charge is 2.12. The first-order valence-electron chi connectivity index (χ1n) is 6.80. The fraction of sp³-hybridized carbons (Fsp3) is 0.533. The molecule has 1 rings (SSSR count). The average molecular weight is 282 g/mol. The molecular formula is C15H22O5. The smallest absolute Gasteiger partial charge is 0.450 e. The van der Waals surface area contributed by atoms with Crippen molar-refractivity contribution in [2.75, 3.05) is 33.0 Å². The zero-order valence-electron chi connectivity index (χ0n) is 11.8. The minimum atomic E-state index is -1.24. The average Bonchev–Trinajstić information content (AvgIpc) is 2.46. The fourth-order valence-electron chi connectivity index (χ4n) is 1.85. The van der Waals surface area contributed by atoms with Gasteiger partial charge in [-0.3, -0.25) is 0 Å². The Morgan fingerprint density at radius 3 is 2.50 bits per heavy atom. The minimum absolute atomic E-state index is 0.122. The summed E-state index contributed by atoms with van der Waals surface area (Å²) in [6.45, 7) is 4.43. The van der Waals surface area contributed by atoms with E-state index < -0.39 is 6.16 Å². The molecule has 0 bridgehead atoms. The van der Waals surface area contributed by atoms with Crippen LogP contribution in [-0.4, -0.2) is 44.3 Å². The van der Waals surface area contributed by atoms with E-state index in [1.54, 1.807) is 0 Å². The summed E-state index contributed by atoms with van der Waals surface area (Å²) in [5.74, 6) is 0.122. The summed E-state index contributed by atoms with van der Waals surface area (Å²) >= 11 is 0. The van der Waals surface area contributed by atoms with Crippen LogP contribution in [0.4, 0.5) is 4.79 Å². The van der Waals surface area contributed by atoms with Gasteiger partial charge in [0.25, 0.3) is 0 Å². The van der Waals surface area contributed by atoms with Gasteiger partial charge >= 0.3 is 6.16 Å². The highest BCUT2D eigenvalue weighted by molar-refractivity contribution is 5.56. The van der Waals surface area contributed by atoms with Crippen LogP contribution in [0.2, 0.25) is 0 Å². The molecule has 1 atom stereocenters. The Morgan fingerprint density at radius 1 is 1.15 bits per heavy atom. The second kappa shape index (κ2) is 10.2. The van der Waals surface area contributed by atoms with Crippen LogP contribution in [0.25, 0.3) is 0 Å². The normalized spacial score (nSPS) is 12.1. The molecule has 0 amide bonds. The van der Waals surface area contributed by atoms with Crippen LogP contribution < -0.4 is 0 Å². The Labute approximate surface area is 119 Å². The van der Waals surface area contributed by atoms with Gasteiger partial charge in [0.05, 0.1) is 26.4 Å². The molecule has 1 aromatic rings. The quantitative estimate of drug-likeness (QED) is 0.528. The van der Waals surface area contributed by atoms with E-state index in [-0.39, 0.29) is 12.5 Å². The topological polar surface area (TPSA) is 65.0 Å². The fourth-order valence-corrected chi connectivity index (χ4v) is 1.85. The third-order valence-electron chi connectivity index (χ3n) is 2.86. The summed E-state index contributed by atoms with van der Waals surface area (Å²) in [7, 11) is 0. The SMILES string of the molecule is CCOCCOCC(CCOC(=O)O)c1ccccc1. The summed E-state index contributed by atoms with van der Waals surface area (Å²) in [5, 5.41) is 8.50. The second-order valence-electron chi connectivity index (χ2n) is 4.28. The molecule has 1 aromatic carbocycles. The van der Waals surface area contributed by atoms with E-state index in [1.165, 1.54) is 0 Å². The number of carboxylic acid groups (broad SMARTS) is 1. The maximum atomic E-state index is 10.4. The van der Waals surface area contributed by atoms with E-state index in [0.29, 0.717) is 32.8 Å². The summed E-state index contributed by atoms with van der Waals surface area (Å²) in [4.78, 5) is 10.4. The van der Waals surface area contributed by atoms with Crippen molar-refractivity contribution >= 4 is 6.16 Å². The van der Waals surface area contributed by atoms with Crippen molar-refractivity contribution < 1.29 is 24.1 Å². The summed E-state index contributed by atoms with van der Waals surface area (Å²) in [5.41, 5.74) is 1.12. The number of ether oxygens (including phenoxy) is 3. The molecule has 0 radical (unpaired) electrons. The van der Waals surface area contributed by atoms with Crippen LogP contribution in [0.15, 0.2) is 30.3 Å². The molecule has 1 unspecified atom stereocenters. The summed E-state index contributed by atoms with van der Waals surface area (Å²) < 4.78 is 15.4. The van der Waals surface area contributed by atoms with Gasteiger partial charge in [0.1, 0.15) is 0 Å². The van der Waals surface area contributed by atoms with Crippen LogP contribution >= 0.6 is 0 Å². The molecule has 5 nitrogen and oxygen atoms in total. The predicted molar refractivity (Wildman–Crippen MR) is 75.1 cm³/mol. The highest BCUT2D eigenvalue weighted by atomic mass is 16.7. The maximum absolute atomic E-state index is 10.4. The Hall–Kier alpha value is -1.59. The monoisotopic (exact) mass is 282 g/mol. The van der Waals surface area contributed by atoms with Crippen LogP contribution in [0.3, 0.4) is 0 Å². The van der Waals surface area contributed by atoms with Crippen molar-refractivity contribution in [3.05, 3.63) is 35.9 Å². The number of hydrogen-bond acceptors (Lipinski definition) is 4. The van der Waals surface area contributed by atoms with Crippen LogP contribution in [0.1, 0.15) is 24.8 Å². The first-order chi connectivity index (χ1) is 9.74. The number of hydrogen-bond donors (Lipinski definition) is 1. The highest BCUT2D eigenvalue weighted by Crippen LogP contribution is 2.20. The predicted octanol–water partition coefficient (Wildman–Crippen LogP) is 2.91. The van der Waals surface area contributed by atoms with Crippen molar-refractivity contribution in [1.82, 2.24) is 0 Å². The Kier molecular flexibility index (Phi) is 8.42. The van der Waals surface area contributed by atoms with Crippen LogP contribution in [0.5, 0.6) is 0 Å². The standard InChI is InChI=1S/C15H22O5/c1-2-18-10-11-19-12-14(8-9-20-15(16)17)13-6-4-3-5-7-13/h3-7,14H,2,8-12H2,1H3,(H,16,17). The van der Waals surface area contributed by atoms with Gasteiger partial charge in [-0.25, -0.2) is 4.79 Å². The Bertz CT molecular complexity index is 366. The molecule has 0 saturated carbocycles. The molecule has 0 aliphatic heterocycles. The number of benzene rings is 1. The van der Waals surface area contributed by atoms with Crippen molar-refractivity contribution in [2.24, 2.45) is 0 Å². The van der Waals surface area contributed by atoms with Gasteiger partial charge in [-0.2, -0.15) is 0 Å². The lowest BCUT2D eigenvalue weighted by Crippen LogP contribution is -2.14. The van der Waals surface area contributed by atoms with Crippen LogP contribution in [-0.2, 0) is 14.2 Å². The van der Waals surface area contributed by atoms with Gasteiger partial charge in [0.15, 0.2) is 0 Å². The lowest BCUT2D eigenvalue weighted by molar-refractivity contribution is 0.0412. The van der Waals surface area contributed by atoms with Gasteiger partial charge in [-0.05, 0) is 18.9 Å². The maximum Gasteiger partial charge on any atom is 0.505 e. The van der Waals surface area contributed by atoms with Gasteiger partial charge in [0.2, 0.25) is 0 Å². The van der Waals surface area contributed by atoms with Crippen molar-refractivity contribution in [1.29, 1.82) is 0 Å². The first kappa shape index (κ1) is 16.5. The van der Waals surface area contributed by atoms with E-state index in [1.807, 2.05) is 37.3 Å². The van der Waals surface area contributed by atoms with Crippen LogP contribution in [0, 0.1) is 0 Å².